The van der Waals surface area contributed by atoms with E-state index < -0.39 is 0 Å². The predicted octanol–water partition coefficient (Wildman–Crippen LogP) is 2.93. The Morgan fingerprint density at radius 3 is 2.90 bits per heavy atom. The van der Waals surface area contributed by atoms with E-state index >= 15 is 0 Å². The summed E-state index contributed by atoms with van der Waals surface area (Å²) >= 11 is 1.44. The smallest absolute Gasteiger partial charge is 0.261 e. The fourth-order valence-electron chi connectivity index (χ4n) is 2.33. The van der Waals surface area contributed by atoms with Gasteiger partial charge in [0.1, 0.15) is 4.83 Å². The van der Waals surface area contributed by atoms with E-state index in [4.69, 9.17) is 11.1 Å². The molecule has 0 unspecified atom stereocenters. The van der Waals surface area contributed by atoms with Crippen molar-refractivity contribution in [3.05, 3.63) is 45.7 Å². The van der Waals surface area contributed by atoms with Crippen LogP contribution in [0.4, 0.5) is 5.95 Å². The molecule has 0 atom stereocenters. The quantitative estimate of drug-likeness (QED) is 0.635. The zero-order valence-electron chi connectivity index (χ0n) is 11.7. The molecule has 0 aliphatic heterocycles. The minimum atomic E-state index is -0.211. The molecule has 2 heterocycles. The van der Waals surface area contributed by atoms with Gasteiger partial charge in [-0.05, 0) is 36.6 Å². The first-order valence-corrected chi connectivity index (χ1v) is 7.24. The van der Waals surface area contributed by atoms with Crippen molar-refractivity contribution in [2.75, 3.05) is 5.73 Å². The molecule has 1 aromatic carbocycles. The summed E-state index contributed by atoms with van der Waals surface area (Å²) in [5.74, 6) is 0.129. The second-order valence-corrected chi connectivity index (χ2v) is 5.89. The minimum Gasteiger partial charge on any atom is -0.369 e. The van der Waals surface area contributed by atoms with Crippen LogP contribution < -0.4 is 11.3 Å². The average Bonchev–Trinajstić information content (AvgIpc) is 2.76. The zero-order valence-corrected chi connectivity index (χ0v) is 12.5. The lowest BCUT2D eigenvalue weighted by molar-refractivity contribution is 1.19. The van der Waals surface area contributed by atoms with Crippen LogP contribution in [0.3, 0.4) is 0 Å². The van der Waals surface area contributed by atoms with Gasteiger partial charge >= 0.3 is 0 Å². The predicted molar refractivity (Wildman–Crippen MR) is 87.3 cm³/mol. The lowest BCUT2D eigenvalue weighted by Gasteiger charge is -2.03. The number of nitrogens with one attached hydrogen (secondary N) is 2. The number of aryl methyl sites for hydroxylation is 1. The number of nitrogens with zero attached hydrogens (tertiary/aromatic N) is 1. The van der Waals surface area contributed by atoms with E-state index in [0.29, 0.717) is 15.9 Å². The highest BCUT2D eigenvalue weighted by atomic mass is 32.1. The number of anilines is 1. The highest BCUT2D eigenvalue weighted by molar-refractivity contribution is 7.22. The Balaban J connectivity index is 2.28. The summed E-state index contributed by atoms with van der Waals surface area (Å²) in [4.78, 5) is 20.4. The molecule has 0 amide bonds. The van der Waals surface area contributed by atoms with Crippen LogP contribution in [0, 0.1) is 12.3 Å². The highest BCUT2D eigenvalue weighted by Crippen LogP contribution is 2.36. The Morgan fingerprint density at radius 1 is 1.43 bits per heavy atom. The Labute approximate surface area is 125 Å². The number of aromatic amines is 1. The molecule has 5 nitrogen and oxygen atoms in total. The fourth-order valence-corrected chi connectivity index (χ4v) is 3.51. The fraction of sp³-hybridized carbons (Fsp3) is 0.133. The Morgan fingerprint density at radius 2 is 2.19 bits per heavy atom. The van der Waals surface area contributed by atoms with Crippen molar-refractivity contribution >= 4 is 33.2 Å². The molecule has 0 saturated carbocycles. The van der Waals surface area contributed by atoms with Gasteiger partial charge in [-0.2, -0.15) is 0 Å². The largest absolute Gasteiger partial charge is 0.369 e. The van der Waals surface area contributed by atoms with Gasteiger partial charge < -0.3 is 11.1 Å². The van der Waals surface area contributed by atoms with Crippen LogP contribution in [-0.2, 0) is 0 Å². The molecule has 3 aromatic rings. The summed E-state index contributed by atoms with van der Waals surface area (Å²) < 4.78 is 0. The number of nitrogens with two attached hydrogens (primary N) is 1. The maximum Gasteiger partial charge on any atom is 0.261 e. The van der Waals surface area contributed by atoms with E-state index in [0.717, 1.165) is 21.6 Å². The Bertz CT molecular complexity index is 923. The van der Waals surface area contributed by atoms with Gasteiger partial charge in [0, 0.05) is 10.6 Å². The maximum atomic E-state index is 12.0. The van der Waals surface area contributed by atoms with Gasteiger partial charge in [-0.1, -0.05) is 18.2 Å². The summed E-state index contributed by atoms with van der Waals surface area (Å²) in [7, 11) is 0. The van der Waals surface area contributed by atoms with Gasteiger partial charge in [0.15, 0.2) is 0 Å². The normalized spacial score (nSPS) is 11.0. The molecule has 0 bridgehead atoms. The molecule has 0 fully saturated rings. The third-order valence-electron chi connectivity index (χ3n) is 3.38. The SMILES string of the molecule is CC(=N)c1cccc(-c2sc3nc(N)[nH]c(=O)c3c2C)c1. The maximum absolute atomic E-state index is 12.0. The van der Waals surface area contributed by atoms with Crippen LogP contribution in [0.15, 0.2) is 29.1 Å². The van der Waals surface area contributed by atoms with Gasteiger partial charge in [-0.15, -0.1) is 11.3 Å². The molecule has 106 valence electrons. The first-order valence-electron chi connectivity index (χ1n) is 6.42. The number of benzene rings is 1. The summed E-state index contributed by atoms with van der Waals surface area (Å²) in [6, 6.07) is 7.75. The molecule has 6 heteroatoms. The Kier molecular flexibility index (Phi) is 3.10. The number of nitrogen functional groups attached to an aromatic ring is 1. The standard InChI is InChI=1S/C15H14N4OS/c1-7-11-13(20)18-15(17)19-14(11)21-12(7)10-5-3-4-9(6-10)8(2)16/h3-6,16H,1-2H3,(H3,17,18,19,20). The van der Waals surface area contributed by atoms with Crippen LogP contribution in [0.5, 0.6) is 0 Å². The lowest BCUT2D eigenvalue weighted by Crippen LogP contribution is -2.10. The average molecular weight is 298 g/mol. The summed E-state index contributed by atoms with van der Waals surface area (Å²) in [5.41, 5.74) is 8.64. The third-order valence-corrected chi connectivity index (χ3v) is 4.61. The van der Waals surface area contributed by atoms with E-state index in [-0.39, 0.29) is 11.5 Å². The molecule has 21 heavy (non-hydrogen) atoms. The van der Waals surface area contributed by atoms with Gasteiger partial charge in [-0.25, -0.2) is 4.98 Å². The molecule has 0 saturated heterocycles. The number of H-pyrrole nitrogens is 1. The van der Waals surface area contributed by atoms with E-state index in [9.17, 15) is 4.79 Å². The molecule has 0 aliphatic carbocycles. The molecule has 0 aliphatic rings. The number of hydrogen-bond donors (Lipinski definition) is 3. The van der Waals surface area contributed by atoms with Gasteiger partial charge in [0.2, 0.25) is 5.95 Å². The first-order chi connectivity index (χ1) is 9.97. The van der Waals surface area contributed by atoms with Gasteiger partial charge in [0.05, 0.1) is 5.39 Å². The summed E-state index contributed by atoms with van der Waals surface area (Å²) in [6.07, 6.45) is 0. The number of aromatic nitrogens is 2. The van der Waals surface area contributed by atoms with E-state index in [1.165, 1.54) is 11.3 Å². The van der Waals surface area contributed by atoms with Crippen molar-refractivity contribution in [3.8, 4) is 10.4 Å². The zero-order chi connectivity index (χ0) is 15.1. The van der Waals surface area contributed by atoms with Crippen LogP contribution >= 0.6 is 11.3 Å². The van der Waals surface area contributed by atoms with Gasteiger partial charge in [-0.3, -0.25) is 9.78 Å². The summed E-state index contributed by atoms with van der Waals surface area (Å²) in [6.45, 7) is 3.66. The molecule has 4 N–H and O–H groups in total. The van der Waals surface area contributed by atoms with Crippen LogP contribution in [-0.4, -0.2) is 15.7 Å². The number of hydrogen-bond acceptors (Lipinski definition) is 5. The van der Waals surface area contributed by atoms with Crippen molar-refractivity contribution < 1.29 is 0 Å². The molecular weight excluding hydrogens is 284 g/mol. The highest BCUT2D eigenvalue weighted by Gasteiger charge is 2.15. The van der Waals surface area contributed by atoms with Crippen molar-refractivity contribution in [1.82, 2.24) is 9.97 Å². The van der Waals surface area contributed by atoms with Crippen LogP contribution in [0.25, 0.3) is 20.7 Å². The third kappa shape index (κ3) is 2.23. The Hall–Kier alpha value is -2.47. The van der Waals surface area contributed by atoms with E-state index in [1.54, 1.807) is 6.92 Å². The monoisotopic (exact) mass is 298 g/mol. The second kappa shape index (κ2) is 4.82. The van der Waals surface area contributed by atoms with Crippen LogP contribution in [0.1, 0.15) is 18.1 Å². The van der Waals surface area contributed by atoms with Crippen molar-refractivity contribution in [1.29, 1.82) is 5.41 Å². The minimum absolute atomic E-state index is 0.129. The number of fused-ring (bicyclic) bond motifs is 1. The number of rotatable bonds is 2. The van der Waals surface area contributed by atoms with E-state index in [1.807, 2.05) is 31.2 Å². The van der Waals surface area contributed by atoms with E-state index in [2.05, 4.69) is 9.97 Å². The first kappa shape index (κ1) is 13.5. The van der Waals surface area contributed by atoms with Crippen molar-refractivity contribution in [2.45, 2.75) is 13.8 Å². The van der Waals surface area contributed by atoms with Crippen molar-refractivity contribution in [3.63, 3.8) is 0 Å². The molecule has 0 radical (unpaired) electrons. The molecule has 2 aromatic heterocycles. The molecular formula is C15H14N4OS. The van der Waals surface area contributed by atoms with Crippen LogP contribution in [0.2, 0.25) is 0 Å². The molecule has 3 rings (SSSR count). The molecule has 0 spiro atoms. The van der Waals surface area contributed by atoms with Gasteiger partial charge in [0.25, 0.3) is 5.56 Å². The lowest BCUT2D eigenvalue weighted by atomic mass is 10.0. The van der Waals surface area contributed by atoms with Crippen molar-refractivity contribution in [2.24, 2.45) is 0 Å². The second-order valence-electron chi connectivity index (χ2n) is 4.89. The number of thiophene rings is 1. The summed E-state index contributed by atoms with van der Waals surface area (Å²) in [5, 5.41) is 8.32. The topological polar surface area (TPSA) is 95.6 Å².